The average Bonchev–Trinajstić information content (AvgIpc) is 2.49. The van der Waals surface area contributed by atoms with E-state index in [9.17, 15) is 20.4 Å². The Balaban J connectivity index is 3.85. The first-order valence-electron chi connectivity index (χ1n) is 9.41. The Bertz CT molecular complexity index is 488. The van der Waals surface area contributed by atoms with Gasteiger partial charge in [-0.3, -0.25) is 0 Å². The molecule has 0 aliphatic carbocycles. The monoisotopic (exact) mass is 368 g/mol. The lowest BCUT2D eigenvalue weighted by Crippen LogP contribution is -2.25. The van der Waals surface area contributed by atoms with Crippen LogP contribution in [0.15, 0.2) is 0 Å². The van der Waals surface area contributed by atoms with Gasteiger partial charge in [0.25, 0.3) is 0 Å². The number of hydrogen-bond donors (Lipinski definition) is 6. The van der Waals surface area contributed by atoms with Gasteiger partial charge in [-0.15, -0.1) is 0 Å². The van der Waals surface area contributed by atoms with E-state index in [4.69, 9.17) is 11.5 Å². The Morgan fingerprint density at radius 3 is 0.808 bits per heavy atom. The number of rotatable bonds is 10. The van der Waals surface area contributed by atoms with Gasteiger partial charge in [-0.1, -0.05) is 0 Å². The molecule has 0 saturated carbocycles. The summed E-state index contributed by atoms with van der Waals surface area (Å²) >= 11 is 0. The minimum atomic E-state index is -0.569. The number of aliphatic hydroxyl groups excluding tert-OH is 4. The second-order valence-corrected chi connectivity index (χ2v) is 7.49. The van der Waals surface area contributed by atoms with Gasteiger partial charge in [-0.25, -0.2) is 0 Å². The summed E-state index contributed by atoms with van der Waals surface area (Å²) in [5.74, 6) is 0. The van der Waals surface area contributed by atoms with Crippen molar-refractivity contribution >= 4 is 0 Å². The average molecular weight is 369 g/mol. The van der Waals surface area contributed by atoms with Gasteiger partial charge in [0, 0.05) is 13.1 Å². The molecule has 1 aromatic carbocycles. The number of aliphatic hydroxyl groups is 4. The van der Waals surface area contributed by atoms with E-state index in [1.165, 1.54) is 0 Å². The van der Waals surface area contributed by atoms with Gasteiger partial charge < -0.3 is 31.9 Å². The van der Waals surface area contributed by atoms with Crippen LogP contribution in [0.2, 0.25) is 0 Å². The molecule has 6 heteroatoms. The maximum absolute atomic E-state index is 10.0. The van der Waals surface area contributed by atoms with Crippen molar-refractivity contribution in [2.75, 3.05) is 0 Å². The molecule has 0 aliphatic rings. The van der Waals surface area contributed by atoms with Crippen LogP contribution in [0.1, 0.15) is 61.1 Å². The highest BCUT2D eigenvalue weighted by atomic mass is 16.3. The Kier molecular flexibility index (Phi) is 9.16. The minimum absolute atomic E-state index is 0.259. The highest BCUT2D eigenvalue weighted by Crippen LogP contribution is 2.32. The fraction of sp³-hybridized carbons (Fsp3) is 0.700. The summed E-state index contributed by atoms with van der Waals surface area (Å²) in [5, 5.41) is 40.0. The van der Waals surface area contributed by atoms with Crippen LogP contribution in [-0.2, 0) is 38.8 Å². The fourth-order valence-corrected chi connectivity index (χ4v) is 3.75. The summed E-state index contributed by atoms with van der Waals surface area (Å²) < 4.78 is 0. The summed E-state index contributed by atoms with van der Waals surface area (Å²) in [5.41, 5.74) is 17.6. The zero-order valence-electron chi connectivity index (χ0n) is 16.5. The smallest absolute Gasteiger partial charge is 0.0552 e. The van der Waals surface area contributed by atoms with Crippen LogP contribution in [0, 0.1) is 0 Å². The molecule has 0 aliphatic heterocycles. The lowest BCUT2D eigenvalue weighted by Gasteiger charge is -2.28. The van der Waals surface area contributed by atoms with E-state index in [1.807, 2.05) is 0 Å². The molecule has 26 heavy (non-hydrogen) atoms. The van der Waals surface area contributed by atoms with Gasteiger partial charge >= 0.3 is 0 Å². The van der Waals surface area contributed by atoms with Crippen LogP contribution in [-0.4, -0.2) is 44.8 Å². The first-order chi connectivity index (χ1) is 12.1. The summed E-state index contributed by atoms with van der Waals surface area (Å²) in [4.78, 5) is 0. The van der Waals surface area contributed by atoms with Gasteiger partial charge in [-0.05, 0) is 86.8 Å². The van der Waals surface area contributed by atoms with Crippen LogP contribution in [0.5, 0.6) is 0 Å². The summed E-state index contributed by atoms with van der Waals surface area (Å²) in [6.07, 6.45) is -0.651. The van der Waals surface area contributed by atoms with Crippen LogP contribution in [0.3, 0.4) is 0 Å². The number of nitrogens with two attached hydrogens (primary N) is 2. The highest BCUT2D eigenvalue weighted by Gasteiger charge is 2.25. The quantitative estimate of drug-likeness (QED) is 0.352. The zero-order chi connectivity index (χ0) is 20.0. The van der Waals surface area contributed by atoms with Gasteiger partial charge in [0.05, 0.1) is 24.4 Å². The molecule has 150 valence electrons. The van der Waals surface area contributed by atoms with Crippen molar-refractivity contribution in [1.82, 2.24) is 0 Å². The third-order valence-electron chi connectivity index (χ3n) is 4.59. The van der Waals surface area contributed by atoms with E-state index >= 15 is 0 Å². The topological polar surface area (TPSA) is 133 Å². The maximum Gasteiger partial charge on any atom is 0.0552 e. The minimum Gasteiger partial charge on any atom is -0.393 e. The molecule has 6 nitrogen and oxygen atoms in total. The predicted molar refractivity (Wildman–Crippen MR) is 104 cm³/mol. The molecule has 0 heterocycles. The Hall–Kier alpha value is -1.02. The standard InChI is InChI=1S/C20H36N2O4/c1-11(23)5-15-16(6-12(2)24)20(10-22)18(8-14(4)26)17(7-13(3)25)19(15)9-21/h11-14,23-26H,5-10,21-22H2,1-4H3. The van der Waals surface area contributed by atoms with Gasteiger partial charge in [-0.2, -0.15) is 0 Å². The lowest BCUT2D eigenvalue weighted by molar-refractivity contribution is 0.185. The molecule has 4 atom stereocenters. The lowest BCUT2D eigenvalue weighted by atomic mass is 9.79. The van der Waals surface area contributed by atoms with Crippen molar-refractivity contribution in [3.8, 4) is 0 Å². The normalized spacial score (nSPS) is 16.4. The zero-order valence-corrected chi connectivity index (χ0v) is 16.5. The van der Waals surface area contributed by atoms with Crippen molar-refractivity contribution < 1.29 is 20.4 Å². The molecule has 1 rings (SSSR count). The molecule has 0 spiro atoms. The first-order valence-corrected chi connectivity index (χ1v) is 9.41. The van der Waals surface area contributed by atoms with Crippen molar-refractivity contribution in [3.05, 3.63) is 33.4 Å². The third kappa shape index (κ3) is 6.01. The van der Waals surface area contributed by atoms with E-state index < -0.39 is 24.4 Å². The van der Waals surface area contributed by atoms with Crippen molar-refractivity contribution in [2.45, 2.75) is 90.9 Å². The van der Waals surface area contributed by atoms with Gasteiger partial charge in [0.15, 0.2) is 0 Å². The van der Waals surface area contributed by atoms with E-state index in [-0.39, 0.29) is 13.1 Å². The molecular weight excluding hydrogens is 332 g/mol. The molecule has 0 bridgehead atoms. The van der Waals surface area contributed by atoms with E-state index in [1.54, 1.807) is 27.7 Å². The molecule has 0 saturated heterocycles. The largest absolute Gasteiger partial charge is 0.393 e. The Labute approximate surface area is 156 Å². The molecule has 0 fully saturated rings. The second kappa shape index (κ2) is 10.3. The molecular formula is C20H36N2O4. The summed E-state index contributed by atoms with van der Waals surface area (Å²) in [6.45, 7) is 7.38. The molecule has 4 unspecified atom stereocenters. The van der Waals surface area contributed by atoms with Crippen molar-refractivity contribution in [3.63, 3.8) is 0 Å². The SMILES string of the molecule is CC(O)Cc1c(CN)c(CC(C)O)c(CC(C)O)c(CN)c1CC(C)O. The molecule has 0 aromatic heterocycles. The van der Waals surface area contributed by atoms with Crippen LogP contribution in [0.4, 0.5) is 0 Å². The van der Waals surface area contributed by atoms with Gasteiger partial charge in [0.1, 0.15) is 0 Å². The summed E-state index contributed by atoms with van der Waals surface area (Å²) in [6, 6.07) is 0. The van der Waals surface area contributed by atoms with E-state index in [0.29, 0.717) is 25.7 Å². The van der Waals surface area contributed by atoms with Crippen molar-refractivity contribution in [2.24, 2.45) is 11.5 Å². The van der Waals surface area contributed by atoms with E-state index in [2.05, 4.69) is 0 Å². The third-order valence-corrected chi connectivity index (χ3v) is 4.59. The summed E-state index contributed by atoms with van der Waals surface area (Å²) in [7, 11) is 0. The molecule has 8 N–H and O–H groups in total. The van der Waals surface area contributed by atoms with Crippen molar-refractivity contribution in [1.29, 1.82) is 0 Å². The number of benzene rings is 1. The fourth-order valence-electron chi connectivity index (χ4n) is 3.75. The second-order valence-electron chi connectivity index (χ2n) is 7.49. The Morgan fingerprint density at radius 2 is 0.692 bits per heavy atom. The highest BCUT2D eigenvalue weighted by molar-refractivity contribution is 5.53. The number of hydrogen-bond acceptors (Lipinski definition) is 6. The van der Waals surface area contributed by atoms with Crippen LogP contribution in [0.25, 0.3) is 0 Å². The van der Waals surface area contributed by atoms with E-state index in [0.717, 1.165) is 33.4 Å². The predicted octanol–water partition coefficient (Wildman–Crippen LogP) is 0.297. The van der Waals surface area contributed by atoms with Crippen LogP contribution >= 0.6 is 0 Å². The molecule has 0 amide bonds. The van der Waals surface area contributed by atoms with Crippen LogP contribution < -0.4 is 11.5 Å². The maximum atomic E-state index is 10.0. The molecule has 1 aromatic rings. The first kappa shape index (κ1) is 23.0. The Morgan fingerprint density at radius 1 is 0.500 bits per heavy atom. The molecule has 0 radical (unpaired) electrons. The van der Waals surface area contributed by atoms with Gasteiger partial charge in [0.2, 0.25) is 0 Å².